The fourth-order valence-corrected chi connectivity index (χ4v) is 2.26. The number of benzene rings is 2. The summed E-state index contributed by atoms with van der Waals surface area (Å²) < 4.78 is 38.9. The van der Waals surface area contributed by atoms with Gasteiger partial charge in [-0.3, -0.25) is 9.59 Å². The summed E-state index contributed by atoms with van der Waals surface area (Å²) in [6, 6.07) is 9.66. The lowest BCUT2D eigenvalue weighted by Crippen LogP contribution is -2.15. The molecule has 2 aromatic carbocycles. The van der Waals surface area contributed by atoms with E-state index in [0.717, 1.165) is 6.07 Å². The van der Waals surface area contributed by atoms with Gasteiger partial charge >= 0.3 is 12.6 Å². The number of Topliss-reactive ketones (excluding diaryl/α,β-unsaturated/α-hetero) is 1. The van der Waals surface area contributed by atoms with Gasteiger partial charge in [-0.25, -0.2) is 4.79 Å². The molecular weight excluding hydrogens is 376 g/mol. The fraction of sp³-hybridized carbons (Fsp3) is 0.211. The Morgan fingerprint density at radius 3 is 2.43 bits per heavy atom. The molecule has 0 aromatic heterocycles. The summed E-state index contributed by atoms with van der Waals surface area (Å²) in [5, 5.41) is 2.53. The Balaban J connectivity index is 2.03. The first-order chi connectivity index (χ1) is 13.3. The number of rotatable bonds is 8. The van der Waals surface area contributed by atoms with E-state index in [0.29, 0.717) is 5.69 Å². The van der Waals surface area contributed by atoms with Crippen LogP contribution in [-0.2, 0) is 9.53 Å². The average Bonchev–Trinajstić information content (AvgIpc) is 2.65. The van der Waals surface area contributed by atoms with Crippen LogP contribution in [0, 0.1) is 0 Å². The highest BCUT2D eigenvalue weighted by atomic mass is 19.3. The second-order valence-electron chi connectivity index (χ2n) is 5.51. The van der Waals surface area contributed by atoms with Gasteiger partial charge in [-0.15, -0.1) is 0 Å². The molecule has 148 valence electrons. The summed E-state index contributed by atoms with van der Waals surface area (Å²) in [5.74, 6) is -1.89. The van der Waals surface area contributed by atoms with Crippen molar-refractivity contribution in [3.8, 4) is 11.5 Å². The maximum atomic E-state index is 12.3. The molecule has 2 rings (SSSR count). The first kappa shape index (κ1) is 20.8. The molecule has 1 amide bonds. The van der Waals surface area contributed by atoms with Gasteiger partial charge in [0.15, 0.2) is 23.9 Å². The largest absolute Gasteiger partial charge is 0.493 e. The topological polar surface area (TPSA) is 90.9 Å². The van der Waals surface area contributed by atoms with Crippen LogP contribution in [0.4, 0.5) is 14.5 Å². The van der Waals surface area contributed by atoms with Gasteiger partial charge in [-0.05, 0) is 36.4 Å². The first-order valence-electron chi connectivity index (χ1n) is 8.01. The first-order valence-corrected chi connectivity index (χ1v) is 8.01. The Morgan fingerprint density at radius 2 is 1.79 bits per heavy atom. The van der Waals surface area contributed by atoms with E-state index in [2.05, 4.69) is 10.1 Å². The molecule has 0 aliphatic carbocycles. The number of carbonyl (C=O) groups excluding carboxylic acids is 3. The van der Waals surface area contributed by atoms with Crippen molar-refractivity contribution >= 4 is 23.3 Å². The molecule has 0 aliphatic rings. The molecule has 0 heterocycles. The van der Waals surface area contributed by atoms with Crippen molar-refractivity contribution in [2.75, 3.05) is 19.0 Å². The number of alkyl halides is 2. The van der Waals surface area contributed by atoms with E-state index in [1.54, 1.807) is 12.1 Å². The highest BCUT2D eigenvalue weighted by molar-refractivity contribution is 6.00. The summed E-state index contributed by atoms with van der Waals surface area (Å²) in [6.45, 7) is -2.28. The molecule has 28 heavy (non-hydrogen) atoms. The van der Waals surface area contributed by atoms with Crippen molar-refractivity contribution in [1.82, 2.24) is 0 Å². The molecule has 0 radical (unpaired) electrons. The maximum Gasteiger partial charge on any atom is 0.387 e. The van der Waals surface area contributed by atoms with Gasteiger partial charge in [-0.2, -0.15) is 8.78 Å². The van der Waals surface area contributed by atoms with E-state index in [4.69, 9.17) is 9.47 Å². The summed E-state index contributed by atoms with van der Waals surface area (Å²) in [5.41, 5.74) is 0.656. The Bertz CT molecular complexity index is 884. The molecule has 7 nitrogen and oxygen atoms in total. The SMILES string of the molecule is COc1cc(C(=O)COC(=O)c2cccc(NC(C)=O)c2)ccc1OC(F)F. The van der Waals surface area contributed by atoms with Gasteiger partial charge in [-0.1, -0.05) is 6.07 Å². The lowest BCUT2D eigenvalue weighted by Gasteiger charge is -2.11. The predicted molar refractivity (Wildman–Crippen MR) is 95.0 cm³/mol. The van der Waals surface area contributed by atoms with E-state index < -0.39 is 25.0 Å². The molecular formula is C19H17F2NO6. The van der Waals surface area contributed by atoms with Crippen molar-refractivity contribution in [2.45, 2.75) is 13.5 Å². The Morgan fingerprint density at radius 1 is 1.04 bits per heavy atom. The molecule has 0 unspecified atom stereocenters. The molecule has 0 atom stereocenters. The lowest BCUT2D eigenvalue weighted by molar-refractivity contribution is -0.114. The van der Waals surface area contributed by atoms with Crippen molar-refractivity contribution in [3.63, 3.8) is 0 Å². The molecule has 9 heteroatoms. The lowest BCUT2D eigenvalue weighted by atomic mass is 10.1. The van der Waals surface area contributed by atoms with Crippen LogP contribution >= 0.6 is 0 Å². The second kappa shape index (κ2) is 9.45. The summed E-state index contributed by atoms with van der Waals surface area (Å²) in [4.78, 5) is 35.4. The number of amides is 1. The van der Waals surface area contributed by atoms with Crippen LogP contribution in [0.25, 0.3) is 0 Å². The monoisotopic (exact) mass is 393 g/mol. The van der Waals surface area contributed by atoms with E-state index in [9.17, 15) is 23.2 Å². The zero-order valence-electron chi connectivity index (χ0n) is 15.0. The van der Waals surface area contributed by atoms with Gasteiger partial charge in [0.05, 0.1) is 12.7 Å². The number of halogens is 2. The molecule has 0 fully saturated rings. The summed E-state index contributed by atoms with van der Waals surface area (Å²) >= 11 is 0. The second-order valence-corrected chi connectivity index (χ2v) is 5.51. The number of nitrogens with one attached hydrogen (secondary N) is 1. The number of carbonyl (C=O) groups is 3. The van der Waals surface area contributed by atoms with E-state index in [1.165, 1.54) is 38.3 Å². The normalized spacial score (nSPS) is 10.3. The number of hydrogen-bond donors (Lipinski definition) is 1. The highest BCUT2D eigenvalue weighted by Gasteiger charge is 2.16. The standard InChI is InChI=1S/C19H17F2NO6/c1-11(23)22-14-5-3-4-13(8-14)18(25)27-10-15(24)12-6-7-16(28-19(20)21)17(9-12)26-2/h3-9,19H,10H2,1-2H3,(H,22,23). The molecule has 0 saturated heterocycles. The number of hydrogen-bond acceptors (Lipinski definition) is 6. The number of ketones is 1. The van der Waals surface area contributed by atoms with Gasteiger partial charge in [0.25, 0.3) is 0 Å². The minimum atomic E-state index is -3.04. The van der Waals surface area contributed by atoms with Gasteiger partial charge in [0.1, 0.15) is 0 Å². The van der Waals surface area contributed by atoms with Crippen LogP contribution in [0.15, 0.2) is 42.5 Å². The molecule has 0 spiro atoms. The third-order valence-electron chi connectivity index (χ3n) is 3.45. The van der Waals surface area contributed by atoms with Crippen molar-refractivity contribution in [1.29, 1.82) is 0 Å². The maximum absolute atomic E-state index is 12.3. The van der Waals surface area contributed by atoms with Crippen LogP contribution in [0.3, 0.4) is 0 Å². The smallest absolute Gasteiger partial charge is 0.387 e. The minimum absolute atomic E-state index is 0.0551. The van der Waals surface area contributed by atoms with E-state index in [-0.39, 0.29) is 28.5 Å². The third kappa shape index (κ3) is 5.76. The zero-order valence-corrected chi connectivity index (χ0v) is 15.0. The van der Waals surface area contributed by atoms with Crippen LogP contribution in [-0.4, -0.2) is 38.0 Å². The molecule has 0 aliphatic heterocycles. The van der Waals surface area contributed by atoms with Gasteiger partial charge in [0.2, 0.25) is 5.91 Å². The zero-order chi connectivity index (χ0) is 20.7. The number of esters is 1. The Labute approximate surface area is 159 Å². The average molecular weight is 393 g/mol. The van der Waals surface area contributed by atoms with Crippen LogP contribution < -0.4 is 14.8 Å². The molecule has 2 aromatic rings. The summed E-state index contributed by atoms with van der Waals surface area (Å²) in [6.07, 6.45) is 0. The number of ether oxygens (including phenoxy) is 3. The van der Waals surface area contributed by atoms with Gasteiger partial charge in [0, 0.05) is 18.2 Å². The minimum Gasteiger partial charge on any atom is -0.493 e. The molecule has 0 saturated carbocycles. The number of anilines is 1. The van der Waals surface area contributed by atoms with Crippen molar-refractivity contribution in [2.24, 2.45) is 0 Å². The van der Waals surface area contributed by atoms with Crippen molar-refractivity contribution in [3.05, 3.63) is 53.6 Å². The van der Waals surface area contributed by atoms with Gasteiger partial charge < -0.3 is 19.5 Å². The fourth-order valence-electron chi connectivity index (χ4n) is 2.26. The summed E-state index contributed by atoms with van der Waals surface area (Å²) in [7, 11) is 1.24. The molecule has 1 N–H and O–H groups in total. The molecule has 0 bridgehead atoms. The number of methoxy groups -OCH3 is 1. The van der Waals surface area contributed by atoms with Crippen LogP contribution in [0.1, 0.15) is 27.6 Å². The van der Waals surface area contributed by atoms with Crippen LogP contribution in [0.2, 0.25) is 0 Å². The van der Waals surface area contributed by atoms with E-state index >= 15 is 0 Å². The van der Waals surface area contributed by atoms with Crippen LogP contribution in [0.5, 0.6) is 11.5 Å². The Kier molecular flexibility index (Phi) is 7.02. The van der Waals surface area contributed by atoms with E-state index in [1.807, 2.05) is 0 Å². The van der Waals surface area contributed by atoms with Crippen molar-refractivity contribution < 1.29 is 37.4 Å². The Hall–Kier alpha value is -3.49. The highest BCUT2D eigenvalue weighted by Crippen LogP contribution is 2.29. The predicted octanol–water partition coefficient (Wildman–Crippen LogP) is 3.29. The third-order valence-corrected chi connectivity index (χ3v) is 3.45. The quantitative estimate of drug-likeness (QED) is 0.547.